The number of ether oxygens (including phenoxy) is 1. The molecule has 1 unspecified atom stereocenters. The highest BCUT2D eigenvalue weighted by molar-refractivity contribution is 6.34. The minimum Gasteiger partial charge on any atom is -0.356 e. The Labute approximate surface area is 108 Å². The van der Waals surface area contributed by atoms with Gasteiger partial charge in [0.15, 0.2) is 17.0 Å². The fourth-order valence-corrected chi connectivity index (χ4v) is 2.33. The van der Waals surface area contributed by atoms with E-state index in [1.54, 1.807) is 10.9 Å². The zero-order valence-electron chi connectivity index (χ0n) is 8.94. The van der Waals surface area contributed by atoms with E-state index in [1.807, 2.05) is 0 Å². The Bertz CT molecular complexity index is 550. The minimum absolute atomic E-state index is 0.107. The second-order valence-corrected chi connectivity index (χ2v) is 4.63. The van der Waals surface area contributed by atoms with E-state index in [1.165, 1.54) is 0 Å². The van der Waals surface area contributed by atoms with Crippen LogP contribution in [-0.4, -0.2) is 26.4 Å². The van der Waals surface area contributed by atoms with Gasteiger partial charge in [0.05, 0.1) is 5.39 Å². The SMILES string of the molecule is Clc1ncc2c(Cl)nn(C3CCCCO3)c2n1. The molecule has 17 heavy (non-hydrogen) atoms. The Balaban J connectivity index is 2.11. The van der Waals surface area contributed by atoms with E-state index in [-0.39, 0.29) is 11.5 Å². The third-order valence-electron chi connectivity index (χ3n) is 2.80. The summed E-state index contributed by atoms with van der Waals surface area (Å²) in [5.41, 5.74) is 0.627. The molecule has 3 rings (SSSR count). The van der Waals surface area contributed by atoms with Gasteiger partial charge in [0.1, 0.15) is 0 Å². The van der Waals surface area contributed by atoms with Crippen molar-refractivity contribution in [1.29, 1.82) is 0 Å². The van der Waals surface area contributed by atoms with Crippen LogP contribution in [0, 0.1) is 0 Å². The molecule has 0 bridgehead atoms. The van der Waals surface area contributed by atoms with Crippen LogP contribution in [0.1, 0.15) is 25.5 Å². The van der Waals surface area contributed by atoms with Gasteiger partial charge in [-0.25, -0.2) is 9.67 Å². The monoisotopic (exact) mass is 272 g/mol. The highest BCUT2D eigenvalue weighted by Crippen LogP contribution is 2.29. The molecule has 1 atom stereocenters. The molecule has 7 heteroatoms. The van der Waals surface area contributed by atoms with Gasteiger partial charge in [-0.2, -0.15) is 10.1 Å². The maximum Gasteiger partial charge on any atom is 0.224 e. The third kappa shape index (κ3) is 1.99. The summed E-state index contributed by atoms with van der Waals surface area (Å²) < 4.78 is 7.36. The van der Waals surface area contributed by atoms with Crippen LogP contribution in [0.5, 0.6) is 0 Å². The summed E-state index contributed by atoms with van der Waals surface area (Å²) in [4.78, 5) is 8.06. The first-order valence-corrected chi connectivity index (χ1v) is 6.19. The van der Waals surface area contributed by atoms with Crippen LogP contribution >= 0.6 is 23.2 Å². The number of nitrogens with zero attached hydrogens (tertiary/aromatic N) is 4. The van der Waals surface area contributed by atoms with E-state index < -0.39 is 0 Å². The normalized spacial score (nSPS) is 20.9. The summed E-state index contributed by atoms with van der Waals surface area (Å²) >= 11 is 11.8. The van der Waals surface area contributed by atoms with Gasteiger partial charge in [-0.1, -0.05) is 11.6 Å². The lowest BCUT2D eigenvalue weighted by Crippen LogP contribution is -2.19. The van der Waals surface area contributed by atoms with E-state index in [4.69, 9.17) is 27.9 Å². The Hall–Kier alpha value is -0.910. The molecule has 0 N–H and O–H groups in total. The molecule has 3 heterocycles. The van der Waals surface area contributed by atoms with E-state index >= 15 is 0 Å². The largest absolute Gasteiger partial charge is 0.356 e. The van der Waals surface area contributed by atoms with Gasteiger partial charge in [-0.05, 0) is 30.9 Å². The fraction of sp³-hybridized carbons (Fsp3) is 0.500. The molecule has 0 radical (unpaired) electrons. The fourth-order valence-electron chi connectivity index (χ4n) is 1.99. The van der Waals surface area contributed by atoms with Gasteiger partial charge in [0.2, 0.25) is 5.28 Å². The number of hydrogen-bond acceptors (Lipinski definition) is 4. The van der Waals surface area contributed by atoms with Crippen molar-refractivity contribution in [2.45, 2.75) is 25.5 Å². The van der Waals surface area contributed by atoms with Gasteiger partial charge >= 0.3 is 0 Å². The van der Waals surface area contributed by atoms with Crippen LogP contribution in [0.15, 0.2) is 6.20 Å². The van der Waals surface area contributed by atoms with Crippen LogP contribution in [-0.2, 0) is 4.74 Å². The molecule has 0 saturated carbocycles. The molecule has 0 aromatic carbocycles. The van der Waals surface area contributed by atoms with E-state index in [2.05, 4.69) is 15.1 Å². The summed E-state index contributed by atoms with van der Waals surface area (Å²) in [6.07, 6.45) is 4.58. The maximum absolute atomic E-state index is 6.04. The van der Waals surface area contributed by atoms with Crippen molar-refractivity contribution in [3.8, 4) is 0 Å². The van der Waals surface area contributed by atoms with Crippen molar-refractivity contribution < 1.29 is 4.74 Å². The predicted molar refractivity (Wildman–Crippen MR) is 64.2 cm³/mol. The summed E-state index contributed by atoms with van der Waals surface area (Å²) in [5.74, 6) is 0. The molecule has 0 amide bonds. The molecule has 2 aromatic heterocycles. The first-order chi connectivity index (χ1) is 8.25. The van der Waals surface area contributed by atoms with Crippen LogP contribution in [0.4, 0.5) is 0 Å². The van der Waals surface area contributed by atoms with Crippen molar-refractivity contribution in [3.05, 3.63) is 16.6 Å². The molecule has 2 aromatic rings. The van der Waals surface area contributed by atoms with Gasteiger partial charge in [0.25, 0.3) is 0 Å². The lowest BCUT2D eigenvalue weighted by atomic mass is 10.2. The standard InChI is InChI=1S/C10H10Cl2N4O/c11-8-6-5-13-10(12)14-9(6)16(15-8)7-3-1-2-4-17-7/h5,7H,1-4H2. The zero-order valence-corrected chi connectivity index (χ0v) is 10.4. The van der Waals surface area contributed by atoms with E-state index in [0.29, 0.717) is 16.2 Å². The highest BCUT2D eigenvalue weighted by atomic mass is 35.5. The van der Waals surface area contributed by atoms with Crippen molar-refractivity contribution in [1.82, 2.24) is 19.7 Å². The van der Waals surface area contributed by atoms with Crippen molar-refractivity contribution in [2.24, 2.45) is 0 Å². The molecule has 0 aliphatic carbocycles. The van der Waals surface area contributed by atoms with Crippen LogP contribution in [0.3, 0.4) is 0 Å². The smallest absolute Gasteiger partial charge is 0.224 e. The van der Waals surface area contributed by atoms with Crippen molar-refractivity contribution in [3.63, 3.8) is 0 Å². The Morgan fingerprint density at radius 3 is 3.00 bits per heavy atom. The van der Waals surface area contributed by atoms with Gasteiger partial charge in [-0.15, -0.1) is 0 Å². The average Bonchev–Trinajstić information content (AvgIpc) is 2.67. The quantitative estimate of drug-likeness (QED) is 0.750. The molecule has 1 aliphatic heterocycles. The summed E-state index contributed by atoms with van der Waals surface area (Å²) in [7, 11) is 0. The van der Waals surface area contributed by atoms with Gasteiger partial charge < -0.3 is 4.74 Å². The zero-order chi connectivity index (χ0) is 11.8. The lowest BCUT2D eigenvalue weighted by Gasteiger charge is -2.22. The van der Waals surface area contributed by atoms with Crippen LogP contribution < -0.4 is 0 Å². The van der Waals surface area contributed by atoms with E-state index in [9.17, 15) is 0 Å². The maximum atomic E-state index is 6.04. The Morgan fingerprint density at radius 2 is 2.24 bits per heavy atom. The number of rotatable bonds is 1. The summed E-state index contributed by atoms with van der Waals surface area (Å²) in [5, 5.41) is 5.52. The number of hydrogen-bond donors (Lipinski definition) is 0. The average molecular weight is 273 g/mol. The molecule has 5 nitrogen and oxygen atoms in total. The van der Waals surface area contributed by atoms with Gasteiger partial charge in [0, 0.05) is 12.8 Å². The minimum atomic E-state index is -0.107. The molecule has 1 saturated heterocycles. The molecular formula is C10H10Cl2N4O. The first kappa shape index (κ1) is 11.2. The highest BCUT2D eigenvalue weighted by Gasteiger charge is 2.21. The summed E-state index contributed by atoms with van der Waals surface area (Å²) in [6.45, 7) is 0.739. The van der Waals surface area contributed by atoms with E-state index in [0.717, 1.165) is 25.9 Å². The molecule has 90 valence electrons. The second kappa shape index (κ2) is 4.40. The Morgan fingerprint density at radius 1 is 1.35 bits per heavy atom. The molecular weight excluding hydrogens is 263 g/mol. The van der Waals surface area contributed by atoms with Crippen molar-refractivity contribution in [2.75, 3.05) is 6.61 Å². The van der Waals surface area contributed by atoms with Gasteiger partial charge in [-0.3, -0.25) is 0 Å². The molecule has 1 aliphatic rings. The summed E-state index contributed by atoms with van der Waals surface area (Å²) in [6, 6.07) is 0. The lowest BCUT2D eigenvalue weighted by molar-refractivity contribution is -0.0369. The number of aromatic nitrogens is 4. The number of halogens is 2. The Kier molecular flexibility index (Phi) is 2.90. The van der Waals surface area contributed by atoms with Crippen LogP contribution in [0.2, 0.25) is 10.4 Å². The first-order valence-electron chi connectivity index (χ1n) is 5.43. The predicted octanol–water partition coefficient (Wildman–Crippen LogP) is 2.83. The third-order valence-corrected chi connectivity index (χ3v) is 3.26. The van der Waals surface area contributed by atoms with Crippen LogP contribution in [0.25, 0.3) is 11.0 Å². The second-order valence-electron chi connectivity index (χ2n) is 3.93. The number of fused-ring (bicyclic) bond motifs is 1. The van der Waals surface area contributed by atoms with Crippen molar-refractivity contribution >= 4 is 34.2 Å². The molecule has 1 fully saturated rings. The topological polar surface area (TPSA) is 52.8 Å². The molecule has 0 spiro atoms.